The third kappa shape index (κ3) is 1.39. The number of phenols is 2. The summed E-state index contributed by atoms with van der Waals surface area (Å²) in [4.78, 5) is 0. The maximum absolute atomic E-state index is 10.5. The molecule has 96 valence electrons. The third-order valence-electron chi connectivity index (χ3n) is 3.83. The molecule has 0 saturated heterocycles. The molecule has 0 aliphatic carbocycles. The van der Waals surface area contributed by atoms with Gasteiger partial charge in [0, 0.05) is 21.5 Å². The van der Waals surface area contributed by atoms with Gasteiger partial charge in [0.1, 0.15) is 11.5 Å². The van der Waals surface area contributed by atoms with Crippen molar-refractivity contribution in [3.8, 4) is 11.5 Å². The highest BCUT2D eigenvalue weighted by atomic mass is 16.3. The molecule has 0 aliphatic rings. The third-order valence-corrected chi connectivity index (χ3v) is 3.83. The summed E-state index contributed by atoms with van der Waals surface area (Å²) in [6, 6.07) is 19.1. The number of hydrogen-bond donors (Lipinski definition) is 2. The lowest BCUT2D eigenvalue weighted by Crippen LogP contribution is -1.82. The Morgan fingerprint density at radius 2 is 0.900 bits per heavy atom. The molecule has 0 amide bonds. The quantitative estimate of drug-likeness (QED) is 0.359. The number of phenolic OH excluding ortho intramolecular Hbond substituents is 2. The zero-order valence-corrected chi connectivity index (χ0v) is 10.7. The Morgan fingerprint density at radius 3 is 1.35 bits per heavy atom. The molecule has 4 aromatic rings. The van der Waals surface area contributed by atoms with E-state index in [9.17, 15) is 10.2 Å². The van der Waals surface area contributed by atoms with Gasteiger partial charge in [0.05, 0.1) is 0 Å². The van der Waals surface area contributed by atoms with Crippen molar-refractivity contribution >= 4 is 32.3 Å². The highest BCUT2D eigenvalue weighted by Crippen LogP contribution is 2.42. The van der Waals surface area contributed by atoms with Crippen LogP contribution in [0.3, 0.4) is 0 Å². The van der Waals surface area contributed by atoms with Crippen LogP contribution in [0.25, 0.3) is 32.3 Å². The van der Waals surface area contributed by atoms with Gasteiger partial charge in [-0.2, -0.15) is 0 Å². The van der Waals surface area contributed by atoms with Crippen molar-refractivity contribution in [2.75, 3.05) is 0 Å². The van der Waals surface area contributed by atoms with Crippen LogP contribution in [0.1, 0.15) is 0 Å². The van der Waals surface area contributed by atoms with Crippen LogP contribution in [0.2, 0.25) is 0 Å². The first-order valence-electron chi connectivity index (χ1n) is 6.51. The molecule has 2 N–H and O–H groups in total. The zero-order chi connectivity index (χ0) is 13.7. The van der Waals surface area contributed by atoms with E-state index in [1.807, 2.05) is 60.7 Å². The van der Waals surface area contributed by atoms with Gasteiger partial charge in [-0.25, -0.2) is 0 Å². The van der Waals surface area contributed by atoms with Crippen molar-refractivity contribution in [2.45, 2.75) is 0 Å². The van der Waals surface area contributed by atoms with Crippen LogP contribution < -0.4 is 0 Å². The highest BCUT2D eigenvalue weighted by molar-refractivity contribution is 6.14. The molecule has 0 spiro atoms. The van der Waals surface area contributed by atoms with Crippen molar-refractivity contribution in [1.82, 2.24) is 0 Å². The van der Waals surface area contributed by atoms with Crippen LogP contribution in [0.15, 0.2) is 60.7 Å². The Kier molecular flexibility index (Phi) is 2.15. The fourth-order valence-electron chi connectivity index (χ4n) is 2.82. The number of hydrogen-bond acceptors (Lipinski definition) is 2. The molecule has 0 unspecified atom stereocenters. The van der Waals surface area contributed by atoms with E-state index < -0.39 is 0 Å². The minimum atomic E-state index is 0.221. The Bertz CT molecular complexity index is 891. The normalized spacial score (nSPS) is 11.4. The summed E-state index contributed by atoms with van der Waals surface area (Å²) in [5.41, 5.74) is 0. The van der Waals surface area contributed by atoms with Crippen LogP contribution >= 0.6 is 0 Å². The van der Waals surface area contributed by atoms with Crippen LogP contribution in [0.5, 0.6) is 11.5 Å². The van der Waals surface area contributed by atoms with E-state index in [4.69, 9.17) is 0 Å². The molecular weight excluding hydrogens is 248 g/mol. The van der Waals surface area contributed by atoms with E-state index in [0.29, 0.717) is 21.5 Å². The maximum atomic E-state index is 10.5. The fourth-order valence-corrected chi connectivity index (χ4v) is 2.82. The van der Waals surface area contributed by atoms with Gasteiger partial charge in [-0.15, -0.1) is 0 Å². The minimum Gasteiger partial charge on any atom is -0.507 e. The van der Waals surface area contributed by atoms with Crippen molar-refractivity contribution in [3.63, 3.8) is 0 Å². The molecule has 2 heteroatoms. The summed E-state index contributed by atoms with van der Waals surface area (Å²) in [6.45, 7) is 0. The van der Waals surface area contributed by atoms with Crippen molar-refractivity contribution in [2.24, 2.45) is 0 Å². The Hall–Kier alpha value is -2.74. The smallest absolute Gasteiger partial charge is 0.131 e. The number of fused-ring (bicyclic) bond motifs is 3. The summed E-state index contributed by atoms with van der Waals surface area (Å²) in [5.74, 6) is 0.443. The van der Waals surface area contributed by atoms with Gasteiger partial charge in [-0.3, -0.25) is 0 Å². The number of aromatic hydroxyl groups is 2. The van der Waals surface area contributed by atoms with Gasteiger partial charge in [-0.05, 0) is 22.9 Å². The van der Waals surface area contributed by atoms with E-state index in [2.05, 4.69) is 0 Å². The van der Waals surface area contributed by atoms with E-state index in [0.717, 1.165) is 10.8 Å². The molecule has 0 aromatic heterocycles. The molecule has 0 fully saturated rings. The van der Waals surface area contributed by atoms with Crippen LogP contribution in [-0.2, 0) is 0 Å². The van der Waals surface area contributed by atoms with E-state index >= 15 is 0 Å². The predicted molar refractivity (Wildman–Crippen MR) is 82.3 cm³/mol. The molecule has 0 atom stereocenters. The summed E-state index contributed by atoms with van der Waals surface area (Å²) in [7, 11) is 0. The van der Waals surface area contributed by atoms with Crippen LogP contribution in [0, 0.1) is 0 Å². The monoisotopic (exact) mass is 260 g/mol. The first kappa shape index (κ1) is 11.1. The van der Waals surface area contributed by atoms with Gasteiger partial charge >= 0.3 is 0 Å². The topological polar surface area (TPSA) is 40.5 Å². The van der Waals surface area contributed by atoms with E-state index in [-0.39, 0.29) is 11.5 Å². The summed E-state index contributed by atoms with van der Waals surface area (Å²) < 4.78 is 0. The van der Waals surface area contributed by atoms with Gasteiger partial charge in [0.25, 0.3) is 0 Å². The van der Waals surface area contributed by atoms with Crippen molar-refractivity contribution in [1.29, 1.82) is 0 Å². The Balaban J connectivity index is 2.31. The van der Waals surface area contributed by atoms with E-state index in [1.54, 1.807) is 0 Å². The average Bonchev–Trinajstić information content (AvgIpc) is 2.51. The van der Waals surface area contributed by atoms with E-state index in [1.165, 1.54) is 0 Å². The molecule has 4 rings (SSSR count). The minimum absolute atomic E-state index is 0.221. The predicted octanol–water partition coefficient (Wildman–Crippen LogP) is 4.56. The molecule has 0 heterocycles. The first-order valence-corrected chi connectivity index (χ1v) is 6.51. The molecule has 0 radical (unpaired) electrons. The summed E-state index contributed by atoms with van der Waals surface area (Å²) in [6.07, 6.45) is 0. The van der Waals surface area contributed by atoms with Gasteiger partial charge in [-0.1, -0.05) is 48.5 Å². The number of benzene rings is 4. The highest BCUT2D eigenvalue weighted by Gasteiger charge is 2.12. The zero-order valence-electron chi connectivity index (χ0n) is 10.7. The van der Waals surface area contributed by atoms with Gasteiger partial charge < -0.3 is 10.2 Å². The molecule has 0 aliphatic heterocycles. The molecule has 20 heavy (non-hydrogen) atoms. The van der Waals surface area contributed by atoms with Gasteiger partial charge in [0.15, 0.2) is 0 Å². The molecule has 0 bridgehead atoms. The first-order chi connectivity index (χ1) is 9.75. The second kappa shape index (κ2) is 3.87. The van der Waals surface area contributed by atoms with Crippen molar-refractivity contribution < 1.29 is 10.2 Å². The number of rotatable bonds is 0. The SMILES string of the molecule is Oc1c2ccccc2c(O)c2cc3ccccc3cc12. The summed E-state index contributed by atoms with van der Waals surface area (Å²) >= 11 is 0. The van der Waals surface area contributed by atoms with Crippen LogP contribution in [0.4, 0.5) is 0 Å². The Labute approximate surface area is 115 Å². The average molecular weight is 260 g/mol. The second-order valence-electron chi connectivity index (χ2n) is 4.99. The second-order valence-corrected chi connectivity index (χ2v) is 4.99. The maximum Gasteiger partial charge on any atom is 0.131 e. The lowest BCUT2D eigenvalue weighted by atomic mass is 9.97. The summed E-state index contributed by atoms with van der Waals surface area (Å²) in [5, 5.41) is 25.8. The lowest BCUT2D eigenvalue weighted by molar-refractivity contribution is 0.478. The van der Waals surface area contributed by atoms with Crippen molar-refractivity contribution in [3.05, 3.63) is 60.7 Å². The molecule has 4 aromatic carbocycles. The molecule has 0 saturated carbocycles. The molecule has 2 nitrogen and oxygen atoms in total. The molecular formula is C18H12O2. The van der Waals surface area contributed by atoms with Gasteiger partial charge in [0.2, 0.25) is 0 Å². The standard InChI is InChI=1S/C18H12O2/c19-17-13-7-3-4-8-14(13)18(20)16-10-12-6-2-1-5-11(12)9-15(16)17/h1-10,19-20H. The van der Waals surface area contributed by atoms with Crippen LogP contribution in [-0.4, -0.2) is 10.2 Å². The largest absolute Gasteiger partial charge is 0.507 e. The lowest BCUT2D eigenvalue weighted by Gasteiger charge is -2.10. The fraction of sp³-hybridized carbons (Fsp3) is 0. The Morgan fingerprint density at radius 1 is 0.500 bits per heavy atom.